The van der Waals surface area contributed by atoms with Crippen LogP contribution in [-0.4, -0.2) is 17.4 Å². The van der Waals surface area contributed by atoms with Crippen LogP contribution in [0.15, 0.2) is 0 Å². The van der Waals surface area contributed by atoms with Crippen LogP contribution in [0.5, 0.6) is 0 Å². The molecule has 24 valence electrons. The molecule has 0 spiro atoms. The zero-order valence-electron chi connectivity index (χ0n) is 2.89. The van der Waals surface area contributed by atoms with Crippen LogP contribution in [0.3, 0.4) is 0 Å². The van der Waals surface area contributed by atoms with Crippen molar-refractivity contribution in [2.24, 2.45) is 0 Å². The summed E-state index contributed by atoms with van der Waals surface area (Å²) in [6.07, 6.45) is 0. The average molecular weight is 137 g/mol. The summed E-state index contributed by atoms with van der Waals surface area (Å²) in [6, 6.07) is 0. The fourth-order valence-corrected chi connectivity index (χ4v) is 0. The molecule has 0 unspecified atom stereocenters. The second kappa shape index (κ2) is 1.97. The molecule has 0 saturated heterocycles. The van der Waals surface area contributed by atoms with Gasteiger partial charge in [0.25, 0.3) is 0 Å². The number of hydrogen-bond donors (Lipinski definition) is 0. The van der Waals surface area contributed by atoms with E-state index in [2.05, 4.69) is 3.30 Å². The third-order valence-electron chi connectivity index (χ3n) is 0. The van der Waals surface area contributed by atoms with E-state index in [1.807, 2.05) is 14.1 Å². The van der Waals surface area contributed by atoms with Gasteiger partial charge in [-0.05, 0) is 0 Å². The molecule has 0 heterocycles. The van der Waals surface area contributed by atoms with Gasteiger partial charge in [-0.2, -0.15) is 0 Å². The Bertz CT molecular complexity index is 10.8. The summed E-state index contributed by atoms with van der Waals surface area (Å²) in [5.41, 5.74) is 0. The Kier molecular flexibility index (Phi) is 2.32. The Morgan fingerprint density at radius 2 is 1.50 bits per heavy atom. The van der Waals surface area contributed by atoms with Crippen molar-refractivity contribution in [3.63, 3.8) is 0 Å². The van der Waals surface area contributed by atoms with Gasteiger partial charge >= 0.3 is 38.7 Å². The predicted molar refractivity (Wildman–Crippen MR) is 13.7 cm³/mol. The quantitative estimate of drug-likeness (QED) is 0.425. The van der Waals surface area contributed by atoms with Crippen LogP contribution in [-0.2, 0) is 21.3 Å². The molecule has 0 rings (SSSR count). The fourth-order valence-electron chi connectivity index (χ4n) is 0. The van der Waals surface area contributed by atoms with Crippen LogP contribution in [0.1, 0.15) is 0 Å². The molecule has 2 heteroatoms. The monoisotopic (exact) mass is 137 g/mol. The summed E-state index contributed by atoms with van der Waals surface area (Å²) in [6.45, 7) is 0. The number of rotatable bonds is 0. The van der Waals surface area contributed by atoms with Gasteiger partial charge in [-0.3, -0.25) is 0 Å². The van der Waals surface area contributed by atoms with E-state index in [0.717, 1.165) is 0 Å². The second-order valence-corrected chi connectivity index (χ2v) is 2.81. The zero-order valence-corrected chi connectivity index (χ0v) is 5.09. The Morgan fingerprint density at radius 1 is 1.50 bits per heavy atom. The van der Waals surface area contributed by atoms with Crippen molar-refractivity contribution < 1.29 is 21.3 Å². The molecule has 0 aromatic rings. The Morgan fingerprint density at radius 3 is 1.50 bits per heavy atom. The summed E-state index contributed by atoms with van der Waals surface area (Å²) in [5, 5.41) is 0. The van der Waals surface area contributed by atoms with Crippen LogP contribution in [0.25, 0.3) is 0 Å². The molecule has 0 atom stereocenters. The maximum atomic E-state index is 2.05. The zero-order chi connectivity index (χ0) is 3.58. The van der Waals surface area contributed by atoms with Gasteiger partial charge in [-0.25, -0.2) is 0 Å². The molecule has 0 saturated carbocycles. The number of nitrogens with zero attached hydrogens (tertiary/aromatic N) is 1. The molecule has 1 nitrogen and oxygen atoms in total. The normalized spacial score (nSPS) is 8.75. The van der Waals surface area contributed by atoms with Crippen molar-refractivity contribution in [2.75, 3.05) is 14.1 Å². The Labute approximate surface area is 39.2 Å². The minimum absolute atomic E-state index is 1.71. The van der Waals surface area contributed by atoms with Gasteiger partial charge < -0.3 is 0 Å². The average Bonchev–Trinajstić information content (AvgIpc) is 0.811. The first-order valence-corrected chi connectivity index (χ1v) is 2.08. The van der Waals surface area contributed by atoms with E-state index in [1.54, 1.807) is 21.3 Å². The minimum atomic E-state index is 1.71. The molecular formula is C2H6NNb. The van der Waals surface area contributed by atoms with E-state index in [1.165, 1.54) is 0 Å². The molecule has 0 radical (unpaired) electrons. The fraction of sp³-hybridized carbons (Fsp3) is 1.00. The van der Waals surface area contributed by atoms with Crippen molar-refractivity contribution in [2.45, 2.75) is 0 Å². The van der Waals surface area contributed by atoms with Crippen molar-refractivity contribution in [1.29, 1.82) is 0 Å². The summed E-state index contributed by atoms with van der Waals surface area (Å²) in [5.74, 6) is 0. The molecule has 0 N–H and O–H groups in total. The van der Waals surface area contributed by atoms with Crippen LogP contribution >= 0.6 is 0 Å². The van der Waals surface area contributed by atoms with Gasteiger partial charge in [0.2, 0.25) is 0 Å². The van der Waals surface area contributed by atoms with Gasteiger partial charge in [-0.15, -0.1) is 0 Å². The standard InChI is InChI=1S/C2H6N.Nb/c1-3-2;/h1-2H3;/q-1;+1. The van der Waals surface area contributed by atoms with Crippen molar-refractivity contribution in [3.05, 3.63) is 0 Å². The van der Waals surface area contributed by atoms with E-state index >= 15 is 0 Å². The summed E-state index contributed by atoms with van der Waals surface area (Å²) < 4.78 is 2.05. The van der Waals surface area contributed by atoms with Crippen LogP contribution in [0.4, 0.5) is 0 Å². The molecular weight excluding hydrogens is 131 g/mol. The molecule has 0 aliphatic heterocycles. The molecule has 0 fully saturated rings. The van der Waals surface area contributed by atoms with Crippen LogP contribution in [0, 0.1) is 0 Å². The SMILES string of the molecule is C[N](C)[Nb]. The molecule has 0 aliphatic carbocycles. The van der Waals surface area contributed by atoms with E-state index in [0.29, 0.717) is 0 Å². The van der Waals surface area contributed by atoms with E-state index in [4.69, 9.17) is 0 Å². The molecule has 0 aliphatic rings. The molecule has 4 heavy (non-hydrogen) atoms. The van der Waals surface area contributed by atoms with Gasteiger partial charge in [-0.1, -0.05) is 0 Å². The van der Waals surface area contributed by atoms with E-state index in [-0.39, 0.29) is 0 Å². The predicted octanol–water partition coefficient (Wildman–Crippen LogP) is 0.00980. The van der Waals surface area contributed by atoms with Crippen molar-refractivity contribution >= 4 is 0 Å². The topological polar surface area (TPSA) is 3.24 Å². The number of hydrogen-bond acceptors (Lipinski definition) is 1. The molecule has 0 bridgehead atoms. The Balaban J connectivity index is 2.32. The third kappa shape index (κ3) is 15.9. The molecule has 0 aromatic carbocycles. The Hall–Kier alpha value is 0.700. The molecule has 0 aromatic heterocycles. The van der Waals surface area contributed by atoms with Gasteiger partial charge in [0.15, 0.2) is 0 Å². The first kappa shape index (κ1) is 4.70. The van der Waals surface area contributed by atoms with Gasteiger partial charge in [0.05, 0.1) is 0 Å². The van der Waals surface area contributed by atoms with E-state index in [9.17, 15) is 0 Å². The van der Waals surface area contributed by atoms with E-state index < -0.39 is 0 Å². The third-order valence-corrected chi connectivity index (χ3v) is 0. The van der Waals surface area contributed by atoms with Crippen molar-refractivity contribution in [1.82, 2.24) is 3.30 Å². The van der Waals surface area contributed by atoms with Gasteiger partial charge in [0, 0.05) is 0 Å². The summed E-state index contributed by atoms with van der Waals surface area (Å²) in [7, 11) is 4.04. The van der Waals surface area contributed by atoms with Crippen LogP contribution < -0.4 is 0 Å². The second-order valence-electron chi connectivity index (χ2n) is 0.847. The first-order valence-electron chi connectivity index (χ1n) is 1.09. The van der Waals surface area contributed by atoms with Gasteiger partial charge in [0.1, 0.15) is 0 Å². The molecule has 0 amide bonds. The van der Waals surface area contributed by atoms with Crippen LogP contribution in [0.2, 0.25) is 0 Å². The summed E-state index contributed by atoms with van der Waals surface area (Å²) in [4.78, 5) is 0. The summed E-state index contributed by atoms with van der Waals surface area (Å²) >= 11 is 1.71. The first-order chi connectivity index (χ1) is 1.73. The maximum absolute atomic E-state index is 2.05. The van der Waals surface area contributed by atoms with Crippen molar-refractivity contribution in [3.8, 4) is 0 Å².